The molecule has 3 aliphatic rings. The number of piperidine rings is 1. The second-order valence-corrected chi connectivity index (χ2v) is 8.17. The van der Waals surface area contributed by atoms with Crippen molar-refractivity contribution in [3.8, 4) is 5.75 Å². The molecule has 0 saturated carbocycles. The standard InChI is InChI=1S/C22H26N4O3/c1-14-9-18-20(12-25(2)22(18)27)24-21(14)26-6-3-16(4-7-26)29-17-10-15-13-28-8-5-19(15)23-11-17/h9-11,16H,3-8,12-13H2,1-2H3. The molecule has 1 saturated heterocycles. The van der Waals surface area contributed by atoms with Crippen molar-refractivity contribution in [2.45, 2.75) is 45.4 Å². The van der Waals surface area contributed by atoms with Crippen molar-refractivity contribution in [1.29, 1.82) is 0 Å². The molecular formula is C22H26N4O3. The molecule has 0 N–H and O–H groups in total. The lowest BCUT2D eigenvalue weighted by atomic mass is 10.1. The van der Waals surface area contributed by atoms with Crippen molar-refractivity contribution in [3.05, 3.63) is 46.4 Å². The Labute approximate surface area is 170 Å². The first-order valence-corrected chi connectivity index (χ1v) is 10.3. The van der Waals surface area contributed by atoms with Crippen LogP contribution < -0.4 is 9.64 Å². The number of aromatic nitrogens is 2. The minimum atomic E-state index is 0.0679. The number of carbonyl (C=O) groups is 1. The van der Waals surface area contributed by atoms with Gasteiger partial charge in [0.05, 0.1) is 37.2 Å². The van der Waals surface area contributed by atoms with Crippen LogP contribution in [0.15, 0.2) is 18.3 Å². The van der Waals surface area contributed by atoms with E-state index in [1.807, 2.05) is 26.2 Å². The third-order valence-corrected chi connectivity index (χ3v) is 6.05. The summed E-state index contributed by atoms with van der Waals surface area (Å²) in [5.74, 6) is 1.90. The number of rotatable bonds is 3. The summed E-state index contributed by atoms with van der Waals surface area (Å²) in [6.45, 7) is 5.79. The maximum absolute atomic E-state index is 12.2. The highest BCUT2D eigenvalue weighted by atomic mass is 16.5. The molecule has 7 nitrogen and oxygen atoms in total. The highest BCUT2D eigenvalue weighted by Crippen LogP contribution is 2.29. The average molecular weight is 394 g/mol. The summed E-state index contributed by atoms with van der Waals surface area (Å²) in [5, 5.41) is 0. The van der Waals surface area contributed by atoms with Crippen LogP contribution in [-0.2, 0) is 24.3 Å². The van der Waals surface area contributed by atoms with Gasteiger partial charge in [-0.2, -0.15) is 0 Å². The fraction of sp³-hybridized carbons (Fsp3) is 0.500. The van der Waals surface area contributed by atoms with Crippen LogP contribution in [0.25, 0.3) is 0 Å². The molecule has 0 spiro atoms. The first-order valence-electron chi connectivity index (χ1n) is 10.3. The normalized spacial score (nSPS) is 19.3. The Kier molecular flexibility index (Phi) is 4.62. The van der Waals surface area contributed by atoms with Crippen LogP contribution in [-0.4, -0.2) is 53.6 Å². The fourth-order valence-corrected chi connectivity index (χ4v) is 4.43. The third kappa shape index (κ3) is 3.44. The number of hydrogen-bond acceptors (Lipinski definition) is 6. The van der Waals surface area contributed by atoms with Crippen LogP contribution in [0.1, 0.15) is 45.7 Å². The van der Waals surface area contributed by atoms with Gasteiger partial charge in [-0.15, -0.1) is 0 Å². The molecule has 0 aliphatic carbocycles. The molecule has 7 heteroatoms. The molecule has 0 radical (unpaired) electrons. The number of fused-ring (bicyclic) bond motifs is 2. The van der Waals surface area contributed by atoms with Crippen molar-refractivity contribution in [3.63, 3.8) is 0 Å². The van der Waals surface area contributed by atoms with E-state index in [1.165, 1.54) is 0 Å². The smallest absolute Gasteiger partial charge is 0.255 e. The van der Waals surface area contributed by atoms with Gasteiger partial charge in [-0.3, -0.25) is 9.78 Å². The first kappa shape index (κ1) is 18.4. The topological polar surface area (TPSA) is 67.8 Å². The molecule has 2 aromatic heterocycles. The zero-order valence-corrected chi connectivity index (χ0v) is 17.0. The van der Waals surface area contributed by atoms with E-state index in [4.69, 9.17) is 14.5 Å². The largest absolute Gasteiger partial charge is 0.489 e. The van der Waals surface area contributed by atoms with E-state index >= 15 is 0 Å². The molecule has 2 aromatic rings. The number of ether oxygens (including phenoxy) is 2. The maximum Gasteiger partial charge on any atom is 0.255 e. The summed E-state index contributed by atoms with van der Waals surface area (Å²) in [7, 11) is 1.82. The van der Waals surface area contributed by atoms with E-state index in [0.717, 1.165) is 78.6 Å². The zero-order chi connectivity index (χ0) is 20.0. The highest BCUT2D eigenvalue weighted by molar-refractivity contribution is 5.98. The van der Waals surface area contributed by atoms with Crippen LogP contribution in [0, 0.1) is 6.92 Å². The van der Waals surface area contributed by atoms with Crippen molar-refractivity contribution >= 4 is 11.7 Å². The summed E-state index contributed by atoms with van der Waals surface area (Å²) in [4.78, 5) is 25.6. The molecule has 0 unspecified atom stereocenters. The van der Waals surface area contributed by atoms with E-state index in [1.54, 1.807) is 4.90 Å². The van der Waals surface area contributed by atoms with Crippen LogP contribution >= 0.6 is 0 Å². The lowest BCUT2D eigenvalue weighted by molar-refractivity contribution is 0.0816. The molecule has 1 fully saturated rings. The Balaban J connectivity index is 1.24. The monoisotopic (exact) mass is 394 g/mol. The van der Waals surface area contributed by atoms with Crippen molar-refractivity contribution in [1.82, 2.24) is 14.9 Å². The molecule has 0 bridgehead atoms. The lowest BCUT2D eigenvalue weighted by Gasteiger charge is -2.34. The van der Waals surface area contributed by atoms with E-state index in [2.05, 4.69) is 16.0 Å². The van der Waals surface area contributed by atoms with Gasteiger partial charge in [-0.05, 0) is 24.6 Å². The fourth-order valence-electron chi connectivity index (χ4n) is 4.43. The molecule has 3 aliphatic heterocycles. The number of aryl methyl sites for hydroxylation is 1. The molecule has 0 atom stereocenters. The number of amides is 1. The minimum absolute atomic E-state index is 0.0679. The van der Waals surface area contributed by atoms with Crippen LogP contribution in [0.3, 0.4) is 0 Å². The van der Waals surface area contributed by atoms with Crippen molar-refractivity contribution < 1.29 is 14.3 Å². The van der Waals surface area contributed by atoms with Gasteiger partial charge in [0.1, 0.15) is 17.7 Å². The summed E-state index contributed by atoms with van der Waals surface area (Å²) < 4.78 is 11.7. The van der Waals surface area contributed by atoms with E-state index in [0.29, 0.717) is 13.2 Å². The molecule has 1 amide bonds. The van der Waals surface area contributed by atoms with Gasteiger partial charge in [0, 0.05) is 50.7 Å². The van der Waals surface area contributed by atoms with E-state index in [9.17, 15) is 4.79 Å². The molecule has 0 aromatic carbocycles. The van der Waals surface area contributed by atoms with Crippen LogP contribution in [0.4, 0.5) is 5.82 Å². The van der Waals surface area contributed by atoms with Gasteiger partial charge in [0.25, 0.3) is 5.91 Å². The van der Waals surface area contributed by atoms with Gasteiger partial charge in [-0.25, -0.2) is 4.98 Å². The number of pyridine rings is 2. The van der Waals surface area contributed by atoms with E-state index in [-0.39, 0.29) is 12.0 Å². The van der Waals surface area contributed by atoms with E-state index < -0.39 is 0 Å². The predicted molar refractivity (Wildman–Crippen MR) is 108 cm³/mol. The summed E-state index contributed by atoms with van der Waals surface area (Å²) in [6.07, 6.45) is 4.77. The van der Waals surface area contributed by atoms with Gasteiger partial charge in [0.2, 0.25) is 0 Å². The maximum atomic E-state index is 12.2. The number of nitrogens with zero attached hydrogens (tertiary/aromatic N) is 4. The third-order valence-electron chi connectivity index (χ3n) is 6.05. The number of hydrogen-bond donors (Lipinski definition) is 0. The van der Waals surface area contributed by atoms with Gasteiger partial charge in [-0.1, -0.05) is 0 Å². The number of anilines is 1. The minimum Gasteiger partial charge on any atom is -0.489 e. The summed E-state index contributed by atoms with van der Waals surface area (Å²) in [6, 6.07) is 4.07. The molecule has 5 heterocycles. The average Bonchev–Trinajstić information content (AvgIpc) is 3.01. The van der Waals surface area contributed by atoms with Crippen LogP contribution in [0.2, 0.25) is 0 Å². The Morgan fingerprint density at radius 3 is 2.86 bits per heavy atom. The highest BCUT2D eigenvalue weighted by Gasteiger charge is 2.29. The summed E-state index contributed by atoms with van der Waals surface area (Å²) >= 11 is 0. The Morgan fingerprint density at radius 1 is 1.21 bits per heavy atom. The Morgan fingerprint density at radius 2 is 2.03 bits per heavy atom. The Hall–Kier alpha value is -2.67. The lowest BCUT2D eigenvalue weighted by Crippen LogP contribution is -2.39. The van der Waals surface area contributed by atoms with Crippen molar-refractivity contribution in [2.75, 3.05) is 31.6 Å². The van der Waals surface area contributed by atoms with Gasteiger partial charge >= 0.3 is 0 Å². The zero-order valence-electron chi connectivity index (χ0n) is 17.0. The molecule has 5 rings (SSSR count). The van der Waals surface area contributed by atoms with Gasteiger partial charge < -0.3 is 19.3 Å². The Bertz CT molecular complexity index is 953. The molecular weight excluding hydrogens is 368 g/mol. The van der Waals surface area contributed by atoms with Gasteiger partial charge in [0.15, 0.2) is 0 Å². The second kappa shape index (κ2) is 7.30. The molecule has 29 heavy (non-hydrogen) atoms. The SMILES string of the molecule is Cc1cc2c(nc1N1CCC(Oc3cnc4c(c3)COCC4)CC1)CN(C)C2=O. The predicted octanol–water partition coefficient (Wildman–Crippen LogP) is 2.49. The van der Waals surface area contributed by atoms with Crippen molar-refractivity contribution in [2.24, 2.45) is 0 Å². The quantitative estimate of drug-likeness (QED) is 0.797. The summed E-state index contributed by atoms with van der Waals surface area (Å²) in [5.41, 5.74) is 4.96. The first-order chi connectivity index (χ1) is 14.1. The second-order valence-electron chi connectivity index (χ2n) is 8.17. The number of carbonyl (C=O) groups excluding carboxylic acids is 1. The molecule has 152 valence electrons. The van der Waals surface area contributed by atoms with Crippen LogP contribution in [0.5, 0.6) is 5.75 Å².